The van der Waals surface area contributed by atoms with Gasteiger partial charge in [-0.1, -0.05) is 40.5 Å². The van der Waals surface area contributed by atoms with Crippen LogP contribution in [-0.2, 0) is 14.3 Å². The molecule has 4 aliphatic carbocycles. The summed E-state index contributed by atoms with van der Waals surface area (Å²) < 4.78 is 12.4. The van der Waals surface area contributed by atoms with Crippen LogP contribution < -0.4 is 0 Å². The molecule has 0 radical (unpaired) electrons. The molecule has 198 valence electrons. The van der Waals surface area contributed by atoms with Gasteiger partial charge in [-0.2, -0.15) is 0 Å². The highest BCUT2D eigenvalue weighted by atomic mass is 16.7. The molecule has 3 saturated carbocycles. The summed E-state index contributed by atoms with van der Waals surface area (Å²) >= 11 is 0. The van der Waals surface area contributed by atoms with Gasteiger partial charge in [-0.25, -0.2) is 0 Å². The lowest BCUT2D eigenvalue weighted by Gasteiger charge is -2.60. The number of ketones is 1. The predicted molar refractivity (Wildman–Crippen MR) is 136 cm³/mol. The zero-order chi connectivity index (χ0) is 25.6. The van der Waals surface area contributed by atoms with E-state index in [-0.39, 0.29) is 41.2 Å². The van der Waals surface area contributed by atoms with Crippen molar-refractivity contribution >= 4 is 5.78 Å². The lowest BCUT2D eigenvalue weighted by atomic mass is 9.45. The highest BCUT2D eigenvalue weighted by Crippen LogP contribution is 2.69. The van der Waals surface area contributed by atoms with Gasteiger partial charge in [0.05, 0.1) is 23.4 Å². The van der Waals surface area contributed by atoms with Crippen LogP contribution in [-0.4, -0.2) is 45.2 Å². The zero-order valence-corrected chi connectivity index (χ0v) is 23.0. The van der Waals surface area contributed by atoms with Crippen LogP contribution in [0.3, 0.4) is 0 Å². The second-order valence-corrected chi connectivity index (χ2v) is 14.3. The average Bonchev–Trinajstić information content (AvgIpc) is 3.18. The summed E-state index contributed by atoms with van der Waals surface area (Å²) in [5, 5.41) is 24.1. The zero-order valence-electron chi connectivity index (χ0n) is 23.0. The minimum Gasteiger partial charge on any atom is -0.390 e. The Balaban J connectivity index is 1.44. The largest absolute Gasteiger partial charge is 0.390 e. The number of hydrogen-bond acceptors (Lipinski definition) is 5. The topological polar surface area (TPSA) is 76.0 Å². The van der Waals surface area contributed by atoms with Gasteiger partial charge in [0.2, 0.25) is 0 Å². The van der Waals surface area contributed by atoms with Gasteiger partial charge in [-0.15, -0.1) is 0 Å². The molecule has 5 heteroatoms. The quantitative estimate of drug-likeness (QED) is 0.529. The second kappa shape index (κ2) is 8.12. The molecule has 1 aliphatic heterocycles. The fourth-order valence-corrected chi connectivity index (χ4v) is 9.37. The molecule has 5 nitrogen and oxygen atoms in total. The molecule has 8 unspecified atom stereocenters. The molecule has 0 spiro atoms. The van der Waals surface area contributed by atoms with E-state index in [9.17, 15) is 15.0 Å². The van der Waals surface area contributed by atoms with Crippen molar-refractivity contribution in [3.05, 3.63) is 11.6 Å². The van der Waals surface area contributed by atoms with Crippen LogP contribution in [0.15, 0.2) is 11.6 Å². The van der Waals surface area contributed by atoms with Crippen LogP contribution in [0.1, 0.15) is 106 Å². The van der Waals surface area contributed by atoms with Crippen molar-refractivity contribution in [2.24, 2.45) is 34.5 Å². The van der Waals surface area contributed by atoms with Crippen molar-refractivity contribution in [3.63, 3.8) is 0 Å². The number of ether oxygens (including phenoxy) is 2. The third-order valence-electron chi connectivity index (χ3n) is 11.2. The summed E-state index contributed by atoms with van der Waals surface area (Å²) in [6.45, 7) is 14.8. The van der Waals surface area contributed by atoms with Gasteiger partial charge in [0.1, 0.15) is 0 Å². The number of carbonyl (C=O) groups is 1. The molecular formula is C30H48O5. The highest BCUT2D eigenvalue weighted by molar-refractivity contribution is 5.95. The number of hydrogen-bond donors (Lipinski definition) is 2. The molecule has 5 rings (SSSR count). The molecule has 9 atom stereocenters. The van der Waals surface area contributed by atoms with Crippen LogP contribution in [0, 0.1) is 34.5 Å². The molecule has 0 bridgehead atoms. The van der Waals surface area contributed by atoms with Crippen molar-refractivity contribution in [2.45, 2.75) is 135 Å². The summed E-state index contributed by atoms with van der Waals surface area (Å²) in [5.74, 6) is 0.273. The molecule has 2 N–H and O–H groups in total. The maximum absolute atomic E-state index is 13.6. The van der Waals surface area contributed by atoms with Crippen LogP contribution in [0.2, 0.25) is 0 Å². The van der Waals surface area contributed by atoms with Gasteiger partial charge in [0, 0.05) is 11.3 Å². The van der Waals surface area contributed by atoms with E-state index in [2.05, 4.69) is 27.7 Å². The van der Waals surface area contributed by atoms with Crippen LogP contribution in [0.4, 0.5) is 0 Å². The Morgan fingerprint density at radius 3 is 2.46 bits per heavy atom. The molecule has 4 fully saturated rings. The van der Waals surface area contributed by atoms with Gasteiger partial charge >= 0.3 is 0 Å². The molecule has 1 saturated heterocycles. The third kappa shape index (κ3) is 3.82. The second-order valence-electron chi connectivity index (χ2n) is 14.3. The smallest absolute Gasteiger partial charge is 0.163 e. The molecule has 1 heterocycles. The average molecular weight is 489 g/mol. The van der Waals surface area contributed by atoms with Crippen LogP contribution >= 0.6 is 0 Å². The molecule has 5 aliphatic rings. The van der Waals surface area contributed by atoms with Crippen LogP contribution in [0.25, 0.3) is 0 Å². The summed E-state index contributed by atoms with van der Waals surface area (Å²) in [7, 11) is 0. The number of allylic oxidation sites excluding steroid dienone is 1. The fourth-order valence-electron chi connectivity index (χ4n) is 9.37. The Morgan fingerprint density at radius 1 is 1.09 bits per heavy atom. The molecule has 0 aromatic rings. The van der Waals surface area contributed by atoms with E-state index >= 15 is 0 Å². The standard InChI is InChI=1S/C30H48O5/c1-18(2)9-8-12-29(7,32)25-11-14-30(33)20-15-22(31)21-16-23-24(35-26(3,4)34-23)17-27(21,5)19(20)10-13-28(25,30)6/h15,18-19,21,23-25,32-33H,8-14,16-17H2,1-7H3/t19?,21?,23?,24?,25?,27?,28?,29-,30?/m0/s1. The van der Waals surface area contributed by atoms with E-state index in [0.717, 1.165) is 50.5 Å². The van der Waals surface area contributed by atoms with Gasteiger partial charge in [0.15, 0.2) is 11.6 Å². The molecule has 35 heavy (non-hydrogen) atoms. The predicted octanol–water partition coefficient (Wildman–Crippen LogP) is 5.57. The van der Waals surface area contributed by atoms with Gasteiger partial charge in [0.25, 0.3) is 0 Å². The number of rotatable bonds is 5. The summed E-state index contributed by atoms with van der Waals surface area (Å²) in [4.78, 5) is 13.6. The van der Waals surface area contributed by atoms with Crippen molar-refractivity contribution in [3.8, 4) is 0 Å². The van der Waals surface area contributed by atoms with Crippen molar-refractivity contribution < 1.29 is 24.5 Å². The molecule has 0 aromatic carbocycles. The Hall–Kier alpha value is -0.750. The summed E-state index contributed by atoms with van der Waals surface area (Å²) in [5.41, 5.74) is -1.55. The Kier molecular flexibility index (Phi) is 6.01. The minimum atomic E-state index is -1.03. The third-order valence-corrected chi connectivity index (χ3v) is 11.2. The first-order valence-corrected chi connectivity index (χ1v) is 14.2. The first kappa shape index (κ1) is 25.9. The first-order valence-electron chi connectivity index (χ1n) is 14.2. The van der Waals surface area contributed by atoms with E-state index in [1.165, 1.54) is 0 Å². The first-order chi connectivity index (χ1) is 16.1. The lowest BCUT2D eigenvalue weighted by Crippen LogP contribution is -2.61. The van der Waals surface area contributed by atoms with Crippen molar-refractivity contribution in [1.82, 2.24) is 0 Å². The maximum Gasteiger partial charge on any atom is 0.163 e. The van der Waals surface area contributed by atoms with Crippen molar-refractivity contribution in [1.29, 1.82) is 0 Å². The SMILES string of the molecule is CC(C)CCC[C@](C)(O)C1CCC2(O)C3=CC(=O)C4CC5OC(C)(C)OC5CC4(C)C3CCC12C. The van der Waals surface area contributed by atoms with Gasteiger partial charge in [-0.3, -0.25) is 4.79 Å². The van der Waals surface area contributed by atoms with E-state index in [1.807, 2.05) is 26.8 Å². The van der Waals surface area contributed by atoms with E-state index in [1.54, 1.807) is 0 Å². The summed E-state index contributed by atoms with van der Waals surface area (Å²) in [6.07, 6.45) is 9.42. The van der Waals surface area contributed by atoms with Gasteiger partial charge < -0.3 is 19.7 Å². The number of aliphatic hydroxyl groups is 2. The van der Waals surface area contributed by atoms with E-state index in [0.29, 0.717) is 18.8 Å². The van der Waals surface area contributed by atoms with E-state index in [4.69, 9.17) is 9.47 Å². The summed E-state index contributed by atoms with van der Waals surface area (Å²) in [6, 6.07) is 0. The molecule has 0 aromatic heterocycles. The number of carbonyl (C=O) groups excluding carboxylic acids is 1. The Labute approximate surface area is 212 Å². The normalized spacial score (nSPS) is 48.0. The Morgan fingerprint density at radius 2 is 1.77 bits per heavy atom. The molecular weight excluding hydrogens is 440 g/mol. The Bertz CT molecular complexity index is 904. The van der Waals surface area contributed by atoms with Gasteiger partial charge in [-0.05, 0) is 101 Å². The maximum atomic E-state index is 13.6. The van der Waals surface area contributed by atoms with E-state index < -0.39 is 22.4 Å². The molecule has 0 amide bonds. The highest BCUT2D eigenvalue weighted by Gasteiger charge is 2.69. The minimum absolute atomic E-state index is 0.000583. The van der Waals surface area contributed by atoms with Crippen molar-refractivity contribution in [2.75, 3.05) is 0 Å². The lowest BCUT2D eigenvalue weighted by molar-refractivity contribution is -0.153. The fraction of sp³-hybridized carbons (Fsp3) is 0.900. The van der Waals surface area contributed by atoms with Crippen LogP contribution in [0.5, 0.6) is 0 Å². The monoisotopic (exact) mass is 488 g/mol. The number of fused-ring (bicyclic) bond motifs is 6.